The summed E-state index contributed by atoms with van der Waals surface area (Å²) in [6.45, 7) is 7.87. The van der Waals surface area contributed by atoms with Gasteiger partial charge in [0.05, 0.1) is 6.54 Å². The molecular weight excluding hydrogens is 328 g/mol. The molecular formula is C21H25N2OS+. The van der Waals surface area contributed by atoms with E-state index in [0.29, 0.717) is 6.54 Å². The first kappa shape index (κ1) is 16.7. The van der Waals surface area contributed by atoms with E-state index in [-0.39, 0.29) is 0 Å². The molecule has 130 valence electrons. The lowest BCUT2D eigenvalue weighted by Crippen LogP contribution is -2.41. The molecule has 1 atom stereocenters. The fraction of sp³-hybridized carbons (Fsp3) is 0.381. The summed E-state index contributed by atoms with van der Waals surface area (Å²) >= 11 is 1.86. The van der Waals surface area contributed by atoms with Crippen LogP contribution in [0.3, 0.4) is 0 Å². The van der Waals surface area contributed by atoms with Crippen molar-refractivity contribution in [1.82, 2.24) is 0 Å². The third kappa shape index (κ3) is 2.68. The molecule has 0 saturated carbocycles. The number of thioether (sulfide) groups is 1. The topological polar surface area (TPSA) is 26.5 Å². The highest BCUT2D eigenvalue weighted by Crippen LogP contribution is 2.38. The number of nitrogens with zero attached hydrogens (tertiary/aromatic N) is 2. The highest BCUT2D eigenvalue weighted by Gasteiger charge is 2.53. The summed E-state index contributed by atoms with van der Waals surface area (Å²) in [5.41, 5.74) is 5.01. The average Bonchev–Trinajstić information content (AvgIpc) is 2.92. The summed E-state index contributed by atoms with van der Waals surface area (Å²) in [6, 6.07) is 14.7. The molecule has 4 heteroatoms. The Labute approximate surface area is 154 Å². The van der Waals surface area contributed by atoms with Crippen molar-refractivity contribution in [1.29, 1.82) is 0 Å². The van der Waals surface area contributed by atoms with E-state index in [1.54, 1.807) is 0 Å². The third-order valence-corrected chi connectivity index (χ3v) is 6.62. The molecule has 0 bridgehead atoms. The van der Waals surface area contributed by atoms with E-state index >= 15 is 0 Å². The Morgan fingerprint density at radius 1 is 1.08 bits per heavy atom. The first-order chi connectivity index (χ1) is 12.0. The Kier molecular flexibility index (Phi) is 4.13. The first-order valence-corrected chi connectivity index (χ1v) is 9.90. The molecule has 25 heavy (non-hydrogen) atoms. The van der Waals surface area contributed by atoms with E-state index in [1.165, 1.54) is 27.5 Å². The number of amidine groups is 1. The molecule has 0 fully saturated rings. The molecule has 0 spiro atoms. The molecule has 1 N–H and O–H groups in total. The van der Waals surface area contributed by atoms with Crippen LogP contribution in [0.4, 0.5) is 5.69 Å². The van der Waals surface area contributed by atoms with Gasteiger partial charge in [0, 0.05) is 11.3 Å². The van der Waals surface area contributed by atoms with E-state index in [0.717, 1.165) is 24.3 Å². The molecule has 0 amide bonds. The Hall–Kier alpha value is -1.78. The monoisotopic (exact) mass is 353 g/mol. The summed E-state index contributed by atoms with van der Waals surface area (Å²) in [4.78, 5) is 2.31. The predicted octanol–water partition coefficient (Wildman–Crippen LogP) is 3.78. The lowest BCUT2D eigenvalue weighted by molar-refractivity contribution is -0.656. The molecule has 0 aliphatic carbocycles. The zero-order valence-electron chi connectivity index (χ0n) is 15.1. The third-order valence-electron chi connectivity index (χ3n) is 5.42. The Morgan fingerprint density at radius 2 is 1.84 bits per heavy atom. The Bertz CT molecular complexity index is 843. The summed E-state index contributed by atoms with van der Waals surface area (Å²) < 4.78 is 2.20. The Morgan fingerprint density at radius 3 is 2.60 bits per heavy atom. The number of anilines is 1. The molecule has 2 aliphatic heterocycles. The second-order valence-corrected chi connectivity index (χ2v) is 8.19. The smallest absolute Gasteiger partial charge is 0.316 e. The van der Waals surface area contributed by atoms with Crippen LogP contribution in [0.2, 0.25) is 0 Å². The van der Waals surface area contributed by atoms with Gasteiger partial charge >= 0.3 is 5.17 Å². The van der Waals surface area contributed by atoms with Crippen LogP contribution in [0.1, 0.15) is 28.7 Å². The van der Waals surface area contributed by atoms with Crippen molar-refractivity contribution < 1.29 is 9.68 Å². The molecule has 0 radical (unpaired) electrons. The molecule has 4 rings (SSSR count). The summed E-state index contributed by atoms with van der Waals surface area (Å²) in [5.74, 6) is 1.11. The predicted molar refractivity (Wildman–Crippen MR) is 106 cm³/mol. The zero-order valence-corrected chi connectivity index (χ0v) is 15.9. The van der Waals surface area contributed by atoms with Crippen LogP contribution >= 0.6 is 11.8 Å². The van der Waals surface area contributed by atoms with E-state index in [1.807, 2.05) is 11.8 Å². The van der Waals surface area contributed by atoms with Crippen molar-refractivity contribution in [3.8, 4) is 0 Å². The van der Waals surface area contributed by atoms with Gasteiger partial charge < -0.3 is 5.11 Å². The number of hydrogen-bond acceptors (Lipinski definition) is 3. The van der Waals surface area contributed by atoms with Crippen molar-refractivity contribution in [3.63, 3.8) is 0 Å². The number of aryl methyl sites for hydroxylation is 2. The van der Waals surface area contributed by atoms with Crippen LogP contribution < -0.4 is 4.90 Å². The van der Waals surface area contributed by atoms with E-state index < -0.39 is 5.72 Å². The highest BCUT2D eigenvalue weighted by atomic mass is 32.2. The summed E-state index contributed by atoms with van der Waals surface area (Å²) in [7, 11) is 0. The van der Waals surface area contributed by atoms with Gasteiger partial charge in [0.2, 0.25) is 0 Å². The van der Waals surface area contributed by atoms with Crippen molar-refractivity contribution >= 4 is 22.6 Å². The fourth-order valence-electron chi connectivity index (χ4n) is 3.78. The van der Waals surface area contributed by atoms with Crippen molar-refractivity contribution in [2.45, 2.75) is 32.9 Å². The molecule has 2 aliphatic rings. The maximum absolute atomic E-state index is 11.7. The van der Waals surface area contributed by atoms with Gasteiger partial charge in [-0.1, -0.05) is 42.0 Å². The van der Waals surface area contributed by atoms with E-state index in [9.17, 15) is 5.11 Å². The van der Waals surface area contributed by atoms with Crippen LogP contribution in [-0.4, -0.2) is 33.7 Å². The number of rotatable bonds is 2. The normalized spacial score (nSPS) is 23.1. The maximum atomic E-state index is 11.7. The number of β-amino-alcohol motifs (C(OH)–C–C–N with tert-alkyl or cyclic N) is 1. The first-order valence-electron chi connectivity index (χ1n) is 8.91. The zero-order chi connectivity index (χ0) is 17.6. The minimum Gasteiger partial charge on any atom is -0.346 e. The molecule has 2 aromatic carbocycles. The van der Waals surface area contributed by atoms with E-state index in [2.05, 4.69) is 72.7 Å². The highest BCUT2D eigenvalue weighted by molar-refractivity contribution is 8.13. The van der Waals surface area contributed by atoms with E-state index in [4.69, 9.17) is 0 Å². The summed E-state index contributed by atoms with van der Waals surface area (Å²) in [6.07, 6.45) is 1.10. The Balaban J connectivity index is 1.83. The number of aliphatic hydroxyl groups is 1. The van der Waals surface area contributed by atoms with Gasteiger partial charge in [0.25, 0.3) is 5.72 Å². The van der Waals surface area contributed by atoms with Crippen molar-refractivity contribution in [3.05, 3.63) is 64.7 Å². The second-order valence-electron chi connectivity index (χ2n) is 7.12. The summed E-state index contributed by atoms with van der Waals surface area (Å²) in [5, 5.41) is 12.9. The van der Waals surface area contributed by atoms with Gasteiger partial charge in [0.15, 0.2) is 6.54 Å². The van der Waals surface area contributed by atoms with Gasteiger partial charge in [-0.25, -0.2) is 9.48 Å². The lowest BCUT2D eigenvalue weighted by atomic mass is 10.00. The molecule has 3 nitrogen and oxygen atoms in total. The van der Waals surface area contributed by atoms with Crippen LogP contribution in [0.5, 0.6) is 0 Å². The average molecular weight is 354 g/mol. The van der Waals surface area contributed by atoms with Gasteiger partial charge in [-0.15, -0.1) is 0 Å². The molecule has 0 unspecified atom stereocenters. The quantitative estimate of drug-likeness (QED) is 0.832. The van der Waals surface area contributed by atoms with Gasteiger partial charge in [-0.2, -0.15) is 0 Å². The van der Waals surface area contributed by atoms with Crippen LogP contribution in [0.25, 0.3) is 0 Å². The molecule has 2 heterocycles. The number of benzene rings is 2. The minimum absolute atomic E-state index is 0.572. The minimum atomic E-state index is -0.966. The standard InChI is InChI=1S/C21H25N2OS/c1-15-8-10-18(11-9-15)21(24)14-22(20-23(21)12-5-13-25-20)19-7-4-6-16(2)17(19)3/h4,6-11,24H,5,12-14H2,1-3H3/q+1/t21-/m0/s1. The van der Waals surface area contributed by atoms with Crippen molar-refractivity contribution in [2.75, 3.05) is 23.7 Å². The van der Waals surface area contributed by atoms with Gasteiger partial charge in [-0.05, 0) is 56.1 Å². The van der Waals surface area contributed by atoms with Crippen LogP contribution in [0.15, 0.2) is 42.5 Å². The van der Waals surface area contributed by atoms with Crippen LogP contribution in [-0.2, 0) is 5.72 Å². The largest absolute Gasteiger partial charge is 0.346 e. The van der Waals surface area contributed by atoms with Crippen LogP contribution in [0, 0.1) is 20.8 Å². The van der Waals surface area contributed by atoms with Gasteiger partial charge in [-0.3, -0.25) is 0 Å². The molecule has 0 aromatic heterocycles. The van der Waals surface area contributed by atoms with Crippen molar-refractivity contribution in [2.24, 2.45) is 0 Å². The maximum Gasteiger partial charge on any atom is 0.316 e. The van der Waals surface area contributed by atoms with Gasteiger partial charge in [0.1, 0.15) is 5.69 Å². The molecule has 2 aromatic rings. The molecule has 0 saturated heterocycles. The second kappa shape index (κ2) is 6.19. The number of hydrogen-bond donors (Lipinski definition) is 1. The SMILES string of the molecule is Cc1ccc([C@@]2(O)CN(c3cccc(C)c3C)C3=[N+]2CCCS3)cc1. The lowest BCUT2D eigenvalue weighted by Gasteiger charge is -2.24. The fourth-order valence-corrected chi connectivity index (χ4v) is 4.96.